The quantitative estimate of drug-likeness (QED) is 0.109. The summed E-state index contributed by atoms with van der Waals surface area (Å²) in [6.07, 6.45) is 13.7. The molecule has 39 heavy (non-hydrogen) atoms. The third kappa shape index (κ3) is 3.99. The SMILES string of the molecule is C/C=C\C=C(/CI)N1c2ccccc2C2C=C(c3ccc4c(c3)c3ccccc3n4-c3ccccc3)C=CC21. The Balaban J connectivity index is 1.34. The molecule has 1 aromatic heterocycles. The molecule has 2 aliphatic rings. The first kappa shape index (κ1) is 24.2. The van der Waals surface area contributed by atoms with Gasteiger partial charge in [0.05, 0.1) is 17.1 Å². The van der Waals surface area contributed by atoms with Crippen LogP contribution < -0.4 is 4.90 Å². The highest BCUT2D eigenvalue weighted by Crippen LogP contribution is 2.48. The van der Waals surface area contributed by atoms with Gasteiger partial charge in [0.2, 0.25) is 0 Å². The summed E-state index contributed by atoms with van der Waals surface area (Å²) >= 11 is 2.49. The van der Waals surface area contributed by atoms with E-state index < -0.39 is 0 Å². The molecule has 0 bridgehead atoms. The Bertz CT molecular complexity index is 1820. The van der Waals surface area contributed by atoms with Crippen LogP contribution in [0.2, 0.25) is 0 Å². The fraction of sp³-hybridized carbons (Fsp3) is 0.111. The van der Waals surface area contributed by atoms with Crippen molar-refractivity contribution in [1.29, 1.82) is 0 Å². The lowest BCUT2D eigenvalue weighted by atomic mass is 9.86. The summed E-state index contributed by atoms with van der Waals surface area (Å²) in [7, 11) is 0. The molecular formula is C36H29IN2. The minimum atomic E-state index is 0.293. The number of anilines is 1. The standard InChI is InChI=1S/C36H29IN2/c1-2-3-11-28(24-37)39-34-17-10-8-15-30(34)32-23-26(19-21-36(32)39)25-18-20-35-31(22-25)29-14-7-9-16-33(29)38(35)27-12-5-4-6-13-27/h2-23,32,36H,24H2,1H3/b3-2-,28-11+. The van der Waals surface area contributed by atoms with Gasteiger partial charge in [-0.15, -0.1) is 0 Å². The molecule has 1 aliphatic carbocycles. The van der Waals surface area contributed by atoms with Gasteiger partial charge in [-0.2, -0.15) is 0 Å². The van der Waals surface area contributed by atoms with Gasteiger partial charge in [0.15, 0.2) is 0 Å². The molecule has 3 heteroatoms. The van der Waals surface area contributed by atoms with E-state index in [4.69, 9.17) is 0 Å². The maximum atomic E-state index is 2.53. The summed E-state index contributed by atoms with van der Waals surface area (Å²) in [5.74, 6) is 0.319. The van der Waals surface area contributed by atoms with E-state index in [1.807, 2.05) is 0 Å². The maximum Gasteiger partial charge on any atom is 0.0627 e. The fourth-order valence-corrected chi connectivity index (χ4v) is 6.90. The molecule has 0 saturated carbocycles. The van der Waals surface area contributed by atoms with Gasteiger partial charge in [-0.3, -0.25) is 0 Å². The minimum absolute atomic E-state index is 0.293. The van der Waals surface area contributed by atoms with E-state index in [-0.39, 0.29) is 0 Å². The van der Waals surface area contributed by atoms with Crippen LogP contribution in [0.5, 0.6) is 0 Å². The van der Waals surface area contributed by atoms with E-state index in [0.29, 0.717) is 12.0 Å². The summed E-state index contributed by atoms with van der Waals surface area (Å²) in [6.45, 7) is 2.08. The van der Waals surface area contributed by atoms with Gasteiger partial charge in [-0.1, -0.05) is 114 Å². The number of hydrogen-bond donors (Lipinski definition) is 0. The third-order valence-corrected chi connectivity index (χ3v) is 8.78. The molecule has 4 aromatic carbocycles. The number of rotatable bonds is 5. The Morgan fingerprint density at radius 1 is 0.846 bits per heavy atom. The second-order valence-electron chi connectivity index (χ2n) is 10.2. The van der Waals surface area contributed by atoms with Crippen LogP contribution in [0.3, 0.4) is 0 Å². The van der Waals surface area contributed by atoms with Crippen LogP contribution in [0.15, 0.2) is 139 Å². The topological polar surface area (TPSA) is 8.17 Å². The number of nitrogens with zero attached hydrogens (tertiary/aromatic N) is 2. The van der Waals surface area contributed by atoms with Gasteiger partial charge >= 0.3 is 0 Å². The lowest BCUT2D eigenvalue weighted by Crippen LogP contribution is -2.33. The third-order valence-electron chi connectivity index (χ3n) is 8.00. The molecule has 5 aromatic rings. The van der Waals surface area contributed by atoms with Crippen molar-refractivity contribution >= 4 is 55.7 Å². The van der Waals surface area contributed by atoms with Crippen LogP contribution in [0.25, 0.3) is 33.1 Å². The second-order valence-corrected chi connectivity index (χ2v) is 10.9. The van der Waals surface area contributed by atoms with Gasteiger partial charge < -0.3 is 9.47 Å². The Morgan fingerprint density at radius 3 is 2.46 bits per heavy atom. The highest BCUT2D eigenvalue weighted by atomic mass is 127. The van der Waals surface area contributed by atoms with Crippen molar-refractivity contribution < 1.29 is 0 Å². The highest BCUT2D eigenvalue weighted by molar-refractivity contribution is 14.1. The number of hydrogen-bond acceptors (Lipinski definition) is 1. The molecule has 2 heterocycles. The minimum Gasteiger partial charge on any atom is -0.336 e. The normalized spacial score (nSPS) is 18.7. The number of halogens is 1. The zero-order chi connectivity index (χ0) is 26.3. The molecule has 0 saturated heterocycles. The first-order valence-electron chi connectivity index (χ1n) is 13.5. The largest absolute Gasteiger partial charge is 0.336 e. The van der Waals surface area contributed by atoms with Crippen LogP contribution in [0.4, 0.5) is 5.69 Å². The average Bonchev–Trinajstić information content (AvgIpc) is 3.50. The lowest BCUT2D eigenvalue weighted by Gasteiger charge is -2.31. The van der Waals surface area contributed by atoms with Crippen molar-refractivity contribution in [3.05, 3.63) is 150 Å². The number of alkyl halides is 1. The molecule has 0 spiro atoms. The van der Waals surface area contributed by atoms with E-state index in [0.717, 1.165) is 4.43 Å². The molecular weight excluding hydrogens is 587 g/mol. The molecule has 0 N–H and O–H groups in total. The number of allylic oxidation sites excluding steroid dienone is 6. The number of aromatic nitrogens is 1. The molecule has 7 rings (SSSR count). The van der Waals surface area contributed by atoms with Crippen molar-refractivity contribution in [2.75, 3.05) is 9.33 Å². The van der Waals surface area contributed by atoms with Crippen molar-refractivity contribution in [1.82, 2.24) is 4.57 Å². The van der Waals surface area contributed by atoms with Crippen molar-refractivity contribution in [3.8, 4) is 5.69 Å². The van der Waals surface area contributed by atoms with E-state index in [2.05, 4.69) is 172 Å². The van der Waals surface area contributed by atoms with Gasteiger partial charge in [0, 0.05) is 38.2 Å². The van der Waals surface area contributed by atoms with E-state index in [9.17, 15) is 0 Å². The van der Waals surface area contributed by atoms with Crippen LogP contribution in [-0.4, -0.2) is 15.0 Å². The zero-order valence-electron chi connectivity index (χ0n) is 21.8. The van der Waals surface area contributed by atoms with Gasteiger partial charge in [-0.25, -0.2) is 0 Å². The molecule has 1 aliphatic heterocycles. The van der Waals surface area contributed by atoms with Gasteiger partial charge in [-0.05, 0) is 66.1 Å². The molecule has 0 amide bonds. The van der Waals surface area contributed by atoms with Crippen molar-refractivity contribution in [3.63, 3.8) is 0 Å². The van der Waals surface area contributed by atoms with E-state index in [1.54, 1.807) is 0 Å². The second kappa shape index (κ2) is 10.0. The summed E-state index contributed by atoms with van der Waals surface area (Å²) in [4.78, 5) is 2.53. The van der Waals surface area contributed by atoms with Crippen molar-refractivity contribution in [2.24, 2.45) is 0 Å². The maximum absolute atomic E-state index is 2.53. The average molecular weight is 617 g/mol. The molecule has 0 fully saturated rings. The molecule has 2 nitrogen and oxygen atoms in total. The predicted molar refractivity (Wildman–Crippen MR) is 175 cm³/mol. The number of para-hydroxylation sites is 3. The van der Waals surface area contributed by atoms with Crippen LogP contribution in [0.1, 0.15) is 24.0 Å². The summed E-state index contributed by atoms with van der Waals surface area (Å²) in [5.41, 5.74) is 10.3. The molecule has 2 unspecified atom stereocenters. The lowest BCUT2D eigenvalue weighted by molar-refractivity contribution is 0.727. The predicted octanol–water partition coefficient (Wildman–Crippen LogP) is 9.60. The Morgan fingerprint density at radius 2 is 1.62 bits per heavy atom. The molecule has 0 radical (unpaired) electrons. The number of benzene rings is 4. The first-order valence-corrected chi connectivity index (χ1v) is 15.1. The highest BCUT2D eigenvalue weighted by Gasteiger charge is 2.38. The Hall–Kier alpha value is -3.83. The summed E-state index contributed by atoms with van der Waals surface area (Å²) < 4.78 is 3.34. The molecule has 2 atom stereocenters. The van der Waals surface area contributed by atoms with Gasteiger partial charge in [0.25, 0.3) is 0 Å². The van der Waals surface area contributed by atoms with E-state index in [1.165, 1.54) is 55.6 Å². The Kier molecular flexibility index (Phi) is 6.24. The molecule has 190 valence electrons. The first-order chi connectivity index (χ1) is 19.3. The van der Waals surface area contributed by atoms with Crippen LogP contribution in [-0.2, 0) is 0 Å². The fourth-order valence-electron chi connectivity index (χ4n) is 6.28. The number of fused-ring (bicyclic) bond motifs is 6. The summed E-state index contributed by atoms with van der Waals surface area (Å²) in [5, 5.41) is 2.58. The smallest absolute Gasteiger partial charge is 0.0627 e. The monoisotopic (exact) mass is 616 g/mol. The van der Waals surface area contributed by atoms with Crippen LogP contribution in [0, 0.1) is 0 Å². The summed E-state index contributed by atoms with van der Waals surface area (Å²) in [6, 6.07) is 35.6. The van der Waals surface area contributed by atoms with Crippen LogP contribution >= 0.6 is 22.6 Å². The zero-order valence-corrected chi connectivity index (χ0v) is 24.0. The van der Waals surface area contributed by atoms with Gasteiger partial charge in [0.1, 0.15) is 0 Å². The van der Waals surface area contributed by atoms with Crippen molar-refractivity contribution in [2.45, 2.75) is 18.9 Å². The van der Waals surface area contributed by atoms with E-state index >= 15 is 0 Å². The Labute approximate surface area is 243 Å².